The Balaban J connectivity index is 2.81. The van der Waals surface area contributed by atoms with E-state index in [0.717, 1.165) is 0 Å². The number of hydrogen-bond acceptors (Lipinski definition) is 3. The molecule has 0 saturated heterocycles. The molecule has 0 spiro atoms. The number of nitro groups is 1. The van der Waals surface area contributed by atoms with Gasteiger partial charge in [-0.15, -0.1) is 0 Å². The topological polar surface area (TPSA) is 96.2 Å². The third-order valence-electron chi connectivity index (χ3n) is 2.17. The SMILES string of the molecule is O=C(O)c1c[nH]c2c(Br)cc([N+](=O)[O-])cc12. The summed E-state index contributed by atoms with van der Waals surface area (Å²) in [4.78, 5) is 23.7. The summed E-state index contributed by atoms with van der Waals surface area (Å²) >= 11 is 3.15. The number of hydrogen-bond donors (Lipinski definition) is 2. The first-order chi connectivity index (χ1) is 7.50. The van der Waals surface area contributed by atoms with E-state index in [4.69, 9.17) is 5.11 Å². The molecule has 1 aromatic carbocycles. The molecule has 0 amide bonds. The number of carboxylic acid groups (broad SMARTS) is 1. The van der Waals surface area contributed by atoms with Gasteiger partial charge in [0, 0.05) is 28.2 Å². The van der Waals surface area contributed by atoms with Gasteiger partial charge in [-0.3, -0.25) is 10.1 Å². The Morgan fingerprint density at radius 3 is 2.75 bits per heavy atom. The summed E-state index contributed by atoms with van der Waals surface area (Å²) in [6, 6.07) is 2.56. The second kappa shape index (κ2) is 3.60. The van der Waals surface area contributed by atoms with Crippen LogP contribution in [0.4, 0.5) is 5.69 Å². The lowest BCUT2D eigenvalue weighted by atomic mass is 10.1. The Morgan fingerprint density at radius 2 is 2.19 bits per heavy atom. The van der Waals surface area contributed by atoms with E-state index in [2.05, 4.69) is 20.9 Å². The van der Waals surface area contributed by atoms with Gasteiger partial charge in [-0.1, -0.05) is 0 Å². The zero-order valence-electron chi connectivity index (χ0n) is 7.73. The van der Waals surface area contributed by atoms with Crippen molar-refractivity contribution in [1.29, 1.82) is 0 Å². The van der Waals surface area contributed by atoms with Crippen LogP contribution in [0.15, 0.2) is 22.8 Å². The number of halogens is 1. The first kappa shape index (κ1) is 10.6. The minimum atomic E-state index is -1.13. The van der Waals surface area contributed by atoms with E-state index >= 15 is 0 Å². The number of rotatable bonds is 2. The number of non-ortho nitro benzene ring substituents is 1. The van der Waals surface area contributed by atoms with Gasteiger partial charge >= 0.3 is 5.97 Å². The van der Waals surface area contributed by atoms with Gasteiger partial charge in [-0.2, -0.15) is 0 Å². The number of aromatic carboxylic acids is 1. The number of aromatic nitrogens is 1. The molecule has 2 rings (SSSR count). The fourth-order valence-electron chi connectivity index (χ4n) is 1.46. The van der Waals surface area contributed by atoms with Crippen molar-refractivity contribution in [2.45, 2.75) is 0 Å². The molecule has 7 heteroatoms. The maximum absolute atomic E-state index is 10.9. The summed E-state index contributed by atoms with van der Waals surface area (Å²) in [5.41, 5.74) is 0.392. The van der Waals surface area contributed by atoms with Crippen molar-refractivity contribution in [3.8, 4) is 0 Å². The van der Waals surface area contributed by atoms with Crippen molar-refractivity contribution < 1.29 is 14.8 Å². The Labute approximate surface area is 97.2 Å². The molecule has 0 aliphatic carbocycles. The Bertz CT molecular complexity index is 605. The number of nitro benzene ring substituents is 1. The highest BCUT2D eigenvalue weighted by Crippen LogP contribution is 2.30. The number of carbonyl (C=O) groups is 1. The molecule has 6 nitrogen and oxygen atoms in total. The lowest BCUT2D eigenvalue weighted by molar-refractivity contribution is -0.384. The van der Waals surface area contributed by atoms with Crippen molar-refractivity contribution >= 4 is 38.5 Å². The van der Waals surface area contributed by atoms with Gasteiger partial charge in [-0.25, -0.2) is 4.79 Å². The molecule has 0 bridgehead atoms. The number of fused-ring (bicyclic) bond motifs is 1. The highest BCUT2D eigenvalue weighted by molar-refractivity contribution is 9.10. The molecule has 0 radical (unpaired) electrons. The third kappa shape index (κ3) is 1.54. The van der Waals surface area contributed by atoms with E-state index in [9.17, 15) is 14.9 Å². The van der Waals surface area contributed by atoms with E-state index in [1.165, 1.54) is 18.3 Å². The van der Waals surface area contributed by atoms with Crippen molar-refractivity contribution in [2.75, 3.05) is 0 Å². The lowest BCUT2D eigenvalue weighted by Crippen LogP contribution is -1.94. The molecule has 1 aromatic heterocycles. The molecule has 0 atom stereocenters. The number of nitrogens with one attached hydrogen (secondary N) is 1. The normalized spacial score (nSPS) is 10.6. The predicted molar refractivity (Wildman–Crippen MR) is 59.6 cm³/mol. The molecular formula is C9H5BrN2O4. The lowest BCUT2D eigenvalue weighted by Gasteiger charge is -1.96. The van der Waals surface area contributed by atoms with Crippen LogP contribution >= 0.6 is 15.9 Å². The average Bonchev–Trinajstić information content (AvgIpc) is 2.61. The zero-order chi connectivity index (χ0) is 11.9. The van der Waals surface area contributed by atoms with Crippen LogP contribution in [0.1, 0.15) is 10.4 Å². The van der Waals surface area contributed by atoms with Gasteiger partial charge in [0.2, 0.25) is 0 Å². The fraction of sp³-hybridized carbons (Fsp3) is 0. The second-order valence-corrected chi connectivity index (χ2v) is 3.97. The molecule has 1 heterocycles. The van der Waals surface area contributed by atoms with Crippen molar-refractivity contribution in [3.63, 3.8) is 0 Å². The van der Waals surface area contributed by atoms with E-state index in [1.54, 1.807) is 0 Å². The Hall–Kier alpha value is -1.89. The molecule has 2 aromatic rings. The molecule has 0 saturated carbocycles. The van der Waals surface area contributed by atoms with E-state index in [0.29, 0.717) is 15.4 Å². The molecular weight excluding hydrogens is 280 g/mol. The number of nitrogens with zero attached hydrogens (tertiary/aromatic N) is 1. The molecule has 0 aliphatic rings. The van der Waals surface area contributed by atoms with Crippen molar-refractivity contribution in [1.82, 2.24) is 4.98 Å². The summed E-state index contributed by atoms with van der Waals surface area (Å²) < 4.78 is 0.462. The van der Waals surface area contributed by atoms with Crippen LogP contribution in [0, 0.1) is 10.1 Å². The van der Waals surface area contributed by atoms with E-state index in [-0.39, 0.29) is 11.3 Å². The molecule has 82 valence electrons. The minimum Gasteiger partial charge on any atom is -0.478 e. The summed E-state index contributed by atoms with van der Waals surface area (Å²) in [6.45, 7) is 0. The van der Waals surface area contributed by atoms with Crippen LogP contribution in [-0.2, 0) is 0 Å². The maximum Gasteiger partial charge on any atom is 0.337 e. The molecule has 0 unspecified atom stereocenters. The summed E-state index contributed by atoms with van der Waals surface area (Å²) in [6.07, 6.45) is 1.31. The van der Waals surface area contributed by atoms with Gasteiger partial charge in [0.05, 0.1) is 16.0 Å². The highest BCUT2D eigenvalue weighted by atomic mass is 79.9. The van der Waals surface area contributed by atoms with Crippen molar-refractivity contribution in [2.24, 2.45) is 0 Å². The highest BCUT2D eigenvalue weighted by Gasteiger charge is 2.17. The Kier molecular flexibility index (Phi) is 2.39. The number of carboxylic acids is 1. The van der Waals surface area contributed by atoms with Crippen LogP contribution in [-0.4, -0.2) is 21.0 Å². The molecule has 2 N–H and O–H groups in total. The second-order valence-electron chi connectivity index (χ2n) is 3.11. The van der Waals surface area contributed by atoms with Gasteiger partial charge in [-0.05, 0) is 15.9 Å². The number of benzene rings is 1. The smallest absolute Gasteiger partial charge is 0.337 e. The predicted octanol–water partition coefficient (Wildman–Crippen LogP) is 2.54. The molecule has 0 fully saturated rings. The maximum atomic E-state index is 10.9. The number of H-pyrrole nitrogens is 1. The summed E-state index contributed by atoms with van der Waals surface area (Å²) in [5.74, 6) is -1.13. The quantitative estimate of drug-likeness (QED) is 0.654. The van der Waals surface area contributed by atoms with Crippen LogP contribution in [0.5, 0.6) is 0 Å². The van der Waals surface area contributed by atoms with Gasteiger partial charge in [0.1, 0.15) is 0 Å². The van der Waals surface area contributed by atoms with Crippen LogP contribution in [0.25, 0.3) is 10.9 Å². The largest absolute Gasteiger partial charge is 0.478 e. The zero-order valence-corrected chi connectivity index (χ0v) is 9.32. The number of aromatic amines is 1. The Morgan fingerprint density at radius 1 is 1.50 bits per heavy atom. The third-order valence-corrected chi connectivity index (χ3v) is 2.79. The minimum absolute atomic E-state index is 0.0133. The average molecular weight is 285 g/mol. The first-order valence-electron chi connectivity index (χ1n) is 4.19. The fourth-order valence-corrected chi connectivity index (χ4v) is 2.02. The van der Waals surface area contributed by atoms with Gasteiger partial charge in [0.25, 0.3) is 5.69 Å². The first-order valence-corrected chi connectivity index (χ1v) is 4.98. The van der Waals surface area contributed by atoms with Crippen LogP contribution in [0.2, 0.25) is 0 Å². The monoisotopic (exact) mass is 284 g/mol. The van der Waals surface area contributed by atoms with Crippen molar-refractivity contribution in [3.05, 3.63) is 38.5 Å². The van der Waals surface area contributed by atoms with E-state index in [1.807, 2.05) is 0 Å². The summed E-state index contributed by atoms with van der Waals surface area (Å²) in [7, 11) is 0. The van der Waals surface area contributed by atoms with E-state index < -0.39 is 10.9 Å². The summed E-state index contributed by atoms with van der Waals surface area (Å²) in [5, 5.41) is 19.8. The standard InChI is InChI=1S/C9H5BrN2O4/c10-7-2-4(12(15)16)1-5-6(9(13)14)3-11-8(5)7/h1-3,11H,(H,13,14). The van der Waals surface area contributed by atoms with Crippen LogP contribution in [0.3, 0.4) is 0 Å². The molecule has 0 aliphatic heterocycles. The van der Waals surface area contributed by atoms with Gasteiger partial charge < -0.3 is 10.1 Å². The van der Waals surface area contributed by atoms with Crippen LogP contribution < -0.4 is 0 Å². The molecule has 16 heavy (non-hydrogen) atoms. The van der Waals surface area contributed by atoms with Gasteiger partial charge in [0.15, 0.2) is 0 Å².